The number of alkyl halides is 2. The Labute approximate surface area is 298 Å². The van der Waals surface area contributed by atoms with Gasteiger partial charge in [0.25, 0.3) is 0 Å². The maximum absolute atomic E-state index is 13.8. The Balaban J connectivity index is 1.11. The molecule has 13 heteroatoms. The van der Waals surface area contributed by atoms with Gasteiger partial charge in [0.1, 0.15) is 35.9 Å². The van der Waals surface area contributed by atoms with Gasteiger partial charge in [-0.15, -0.1) is 23.2 Å². The summed E-state index contributed by atoms with van der Waals surface area (Å²) in [6, 6.07) is 18.2. The minimum absolute atomic E-state index is 0.0819. The van der Waals surface area contributed by atoms with Gasteiger partial charge in [-0.25, -0.2) is 0 Å². The summed E-state index contributed by atoms with van der Waals surface area (Å²) in [5.74, 6) is 0.287. The molecule has 1 saturated heterocycles. The lowest BCUT2D eigenvalue weighted by Crippen LogP contribution is -2.60. The lowest BCUT2D eigenvalue weighted by Gasteiger charge is -2.39. The van der Waals surface area contributed by atoms with Gasteiger partial charge in [0, 0.05) is 72.4 Å². The SMILES string of the molecule is O=C(CCCC(=O)N1C[C@@H](CCl)c2c1cc(O[C@@H]1O[C@H](CO)[C@H](O)[C@H](O)[C@H]1O)c1ccccc21)N1C[C@@H](CCl)c2c1cc(O)c1ccccc21. The quantitative estimate of drug-likeness (QED) is 0.160. The van der Waals surface area contributed by atoms with E-state index in [1.807, 2.05) is 48.5 Å². The summed E-state index contributed by atoms with van der Waals surface area (Å²) < 4.78 is 11.7. The van der Waals surface area contributed by atoms with Crippen molar-refractivity contribution in [2.24, 2.45) is 0 Å². The van der Waals surface area contributed by atoms with Crippen LogP contribution >= 0.6 is 23.2 Å². The molecule has 7 atom stereocenters. The first kappa shape index (κ1) is 34.8. The molecule has 3 heterocycles. The first-order valence-electron chi connectivity index (χ1n) is 16.7. The number of carbonyl (C=O) groups excluding carboxylic acids is 2. The van der Waals surface area contributed by atoms with Crippen LogP contribution < -0.4 is 14.5 Å². The van der Waals surface area contributed by atoms with Crippen molar-refractivity contribution >= 4 is 67.9 Å². The summed E-state index contributed by atoms with van der Waals surface area (Å²) in [4.78, 5) is 30.7. The second-order valence-electron chi connectivity index (χ2n) is 13.1. The van der Waals surface area contributed by atoms with Gasteiger partial charge in [-0.05, 0) is 28.3 Å². The third kappa shape index (κ3) is 5.94. The molecule has 0 aromatic heterocycles. The number of ether oxygens (including phenoxy) is 2. The molecule has 50 heavy (non-hydrogen) atoms. The van der Waals surface area contributed by atoms with Crippen LogP contribution in [0.4, 0.5) is 11.4 Å². The molecule has 3 aliphatic rings. The fourth-order valence-corrected chi connectivity index (χ4v) is 8.12. The van der Waals surface area contributed by atoms with Crippen LogP contribution in [0.2, 0.25) is 0 Å². The van der Waals surface area contributed by atoms with E-state index >= 15 is 0 Å². The van der Waals surface area contributed by atoms with Crippen LogP contribution in [0.3, 0.4) is 0 Å². The van der Waals surface area contributed by atoms with E-state index < -0.39 is 37.3 Å². The third-order valence-corrected chi connectivity index (χ3v) is 10.9. The Kier molecular flexibility index (Phi) is 9.83. The number of nitrogens with zero attached hydrogens (tertiary/aromatic N) is 2. The van der Waals surface area contributed by atoms with Crippen LogP contribution in [0.15, 0.2) is 60.7 Å². The number of amides is 2. The monoisotopic (exact) mass is 724 g/mol. The number of phenolic OH excluding ortho intramolecular Hbond substituents is 1. The molecule has 4 aromatic rings. The molecule has 0 saturated carbocycles. The van der Waals surface area contributed by atoms with E-state index in [9.17, 15) is 35.1 Å². The highest BCUT2D eigenvalue weighted by Crippen LogP contribution is 2.47. The maximum Gasteiger partial charge on any atom is 0.229 e. The summed E-state index contributed by atoms with van der Waals surface area (Å²) in [5, 5.41) is 54.6. The molecular formula is C37H38Cl2N2O9. The minimum atomic E-state index is -1.62. The van der Waals surface area contributed by atoms with Gasteiger partial charge in [-0.2, -0.15) is 0 Å². The van der Waals surface area contributed by atoms with Crippen LogP contribution in [0.1, 0.15) is 42.2 Å². The molecule has 0 bridgehead atoms. The van der Waals surface area contributed by atoms with Crippen molar-refractivity contribution in [3.63, 3.8) is 0 Å². The minimum Gasteiger partial charge on any atom is -0.507 e. The molecular weight excluding hydrogens is 687 g/mol. The van der Waals surface area contributed by atoms with Gasteiger partial charge in [0.05, 0.1) is 18.0 Å². The molecule has 5 N–H and O–H groups in total. The number of hydrogen-bond acceptors (Lipinski definition) is 9. The van der Waals surface area contributed by atoms with Crippen LogP contribution in [-0.2, 0) is 14.3 Å². The van der Waals surface area contributed by atoms with Crippen LogP contribution in [-0.4, -0.2) is 99.5 Å². The van der Waals surface area contributed by atoms with Gasteiger partial charge in [0.2, 0.25) is 18.1 Å². The predicted molar refractivity (Wildman–Crippen MR) is 189 cm³/mol. The first-order valence-corrected chi connectivity index (χ1v) is 17.7. The summed E-state index contributed by atoms with van der Waals surface area (Å²) >= 11 is 12.8. The molecule has 264 valence electrons. The number of fused-ring (bicyclic) bond motifs is 6. The van der Waals surface area contributed by atoms with E-state index in [1.54, 1.807) is 21.9 Å². The van der Waals surface area contributed by atoms with E-state index in [0.29, 0.717) is 41.1 Å². The van der Waals surface area contributed by atoms with Gasteiger partial charge < -0.3 is 44.8 Å². The number of phenols is 1. The van der Waals surface area contributed by atoms with Crippen LogP contribution in [0.5, 0.6) is 11.5 Å². The number of rotatable bonds is 9. The second kappa shape index (κ2) is 14.1. The van der Waals surface area contributed by atoms with E-state index in [0.717, 1.165) is 21.9 Å². The number of hydrogen-bond donors (Lipinski definition) is 5. The first-order chi connectivity index (χ1) is 24.2. The molecule has 7 rings (SSSR count). The Morgan fingerprint density at radius 1 is 0.760 bits per heavy atom. The number of halogens is 2. The number of benzene rings is 4. The number of anilines is 2. The predicted octanol–water partition coefficient (Wildman–Crippen LogP) is 4.09. The number of aliphatic hydroxyl groups excluding tert-OH is 4. The molecule has 0 spiro atoms. The molecule has 1 fully saturated rings. The third-order valence-electron chi connectivity index (χ3n) is 10.1. The van der Waals surface area contributed by atoms with E-state index in [2.05, 4.69) is 0 Å². The van der Waals surface area contributed by atoms with Crippen molar-refractivity contribution < 1.29 is 44.6 Å². The van der Waals surface area contributed by atoms with Crippen LogP contribution in [0, 0.1) is 0 Å². The van der Waals surface area contributed by atoms with Crippen molar-refractivity contribution in [1.82, 2.24) is 0 Å². The molecule has 0 radical (unpaired) electrons. The lowest BCUT2D eigenvalue weighted by molar-refractivity contribution is -0.277. The summed E-state index contributed by atoms with van der Waals surface area (Å²) in [6.45, 7) is 0.109. The van der Waals surface area contributed by atoms with Crippen molar-refractivity contribution in [1.29, 1.82) is 0 Å². The van der Waals surface area contributed by atoms with E-state index in [4.69, 9.17) is 32.7 Å². The maximum atomic E-state index is 13.8. The standard InChI is InChI=1S/C37H38Cl2N2O9/c38-14-19-16-40(25-12-27(43)21-6-1-3-8-23(21)32(19)25)30(44)10-5-11-31(45)41-17-20(15-39)33-24-9-4-2-7-22(24)28(13-26(33)41)49-37-36(48)35(47)34(46)29(18-42)50-37/h1-4,6-9,12-13,19-20,29,34-37,42-43,46-48H,5,10-11,14-18H2/t19-,20-,29-,34+,35+,36-,37-/m1/s1. The summed E-state index contributed by atoms with van der Waals surface area (Å²) in [7, 11) is 0. The molecule has 4 aromatic carbocycles. The zero-order valence-electron chi connectivity index (χ0n) is 27.0. The average molecular weight is 726 g/mol. The summed E-state index contributed by atoms with van der Waals surface area (Å²) in [6.07, 6.45) is -6.86. The average Bonchev–Trinajstić information content (AvgIpc) is 3.70. The van der Waals surface area contributed by atoms with Gasteiger partial charge in [-0.1, -0.05) is 48.5 Å². The Bertz CT molecular complexity index is 1940. The topological polar surface area (TPSA) is 160 Å². The second-order valence-corrected chi connectivity index (χ2v) is 13.7. The highest BCUT2D eigenvalue weighted by Gasteiger charge is 2.45. The van der Waals surface area contributed by atoms with Crippen LogP contribution in [0.25, 0.3) is 21.5 Å². The molecule has 2 amide bonds. The molecule has 11 nitrogen and oxygen atoms in total. The van der Waals surface area contributed by atoms with Gasteiger partial charge >= 0.3 is 0 Å². The normalized spacial score (nSPS) is 26.0. The summed E-state index contributed by atoms with van der Waals surface area (Å²) in [5.41, 5.74) is 3.02. The van der Waals surface area contributed by atoms with Gasteiger partial charge in [0.15, 0.2) is 0 Å². The number of carbonyl (C=O) groups is 2. The van der Waals surface area contributed by atoms with Crippen molar-refractivity contribution in [2.75, 3.05) is 41.3 Å². The molecule has 0 aliphatic carbocycles. The van der Waals surface area contributed by atoms with Crippen molar-refractivity contribution in [3.8, 4) is 11.5 Å². The van der Waals surface area contributed by atoms with Gasteiger partial charge in [-0.3, -0.25) is 9.59 Å². The van der Waals surface area contributed by atoms with E-state index in [1.165, 1.54) is 0 Å². The fraction of sp³-hybridized carbons (Fsp3) is 0.405. The smallest absolute Gasteiger partial charge is 0.229 e. The van der Waals surface area contributed by atoms with Crippen molar-refractivity contribution in [2.45, 2.75) is 61.8 Å². The van der Waals surface area contributed by atoms with Crippen molar-refractivity contribution in [3.05, 3.63) is 71.8 Å². The zero-order valence-corrected chi connectivity index (χ0v) is 28.5. The largest absolute Gasteiger partial charge is 0.507 e. The molecule has 3 aliphatic heterocycles. The lowest BCUT2D eigenvalue weighted by atomic mass is 9.95. The zero-order chi connectivity index (χ0) is 35.3. The Morgan fingerprint density at radius 2 is 1.28 bits per heavy atom. The number of aliphatic hydroxyl groups is 4. The van der Waals surface area contributed by atoms with E-state index in [-0.39, 0.29) is 60.3 Å². The fourth-order valence-electron chi connectivity index (χ4n) is 7.61. The highest BCUT2D eigenvalue weighted by atomic mass is 35.5. The molecule has 0 unspecified atom stereocenters. The number of aromatic hydroxyl groups is 1. The Hall–Kier alpha value is -3.68. The Morgan fingerprint density at radius 3 is 1.84 bits per heavy atom. The highest BCUT2D eigenvalue weighted by molar-refractivity contribution is 6.19.